The largest absolute Gasteiger partial charge is 0.240 e. The maximum absolute atomic E-state index is 12.4. The van der Waals surface area contributed by atoms with Gasteiger partial charge in [0.25, 0.3) is 0 Å². The molecule has 1 aromatic rings. The smallest absolute Gasteiger partial charge is 0.211 e. The Morgan fingerprint density at radius 2 is 1.48 bits per heavy atom. The van der Waals surface area contributed by atoms with Crippen LogP contribution in [0.3, 0.4) is 0 Å². The number of hydrogen-bond acceptors (Lipinski definition) is 2. The Hall–Kier alpha value is -0.580. The van der Waals surface area contributed by atoms with Gasteiger partial charge < -0.3 is 0 Å². The summed E-state index contributed by atoms with van der Waals surface area (Å²) < 4.78 is 27.4. The van der Waals surface area contributed by atoms with Crippen molar-refractivity contribution in [2.45, 2.75) is 77.0 Å². The van der Waals surface area contributed by atoms with E-state index in [9.17, 15) is 8.42 Å². The summed E-state index contributed by atoms with van der Waals surface area (Å²) in [6, 6.07) is 3.36. The lowest BCUT2D eigenvalue weighted by atomic mass is 10.1. The highest BCUT2D eigenvalue weighted by Crippen LogP contribution is 2.23. The summed E-state index contributed by atoms with van der Waals surface area (Å²) in [6.07, 6.45) is 9.60. The van der Waals surface area contributed by atoms with Crippen molar-refractivity contribution in [2.75, 3.05) is 6.54 Å². The maximum atomic E-state index is 12.4. The highest BCUT2D eigenvalue weighted by molar-refractivity contribution is 7.89. The van der Waals surface area contributed by atoms with Crippen LogP contribution in [0, 0.1) is 13.8 Å². The Balaban J connectivity index is 2.35. The van der Waals surface area contributed by atoms with E-state index in [0.29, 0.717) is 22.0 Å². The molecule has 0 atom stereocenters. The quantitative estimate of drug-likeness (QED) is 0.539. The molecule has 0 spiro atoms. The van der Waals surface area contributed by atoms with Crippen molar-refractivity contribution in [1.29, 1.82) is 0 Å². The van der Waals surface area contributed by atoms with E-state index in [-0.39, 0.29) is 0 Å². The Labute approximate surface area is 146 Å². The maximum Gasteiger partial charge on any atom is 0.240 e. The lowest BCUT2D eigenvalue weighted by molar-refractivity contribution is 0.558. The van der Waals surface area contributed by atoms with Crippen LogP contribution < -0.4 is 4.72 Å². The minimum Gasteiger partial charge on any atom is -0.211 e. The summed E-state index contributed by atoms with van der Waals surface area (Å²) in [7, 11) is -3.44. The molecule has 1 rings (SSSR count). The van der Waals surface area contributed by atoms with Crippen LogP contribution in [-0.2, 0) is 10.0 Å². The Kier molecular flexibility index (Phi) is 9.18. The number of halogens is 1. The topological polar surface area (TPSA) is 46.2 Å². The van der Waals surface area contributed by atoms with Crippen LogP contribution >= 0.6 is 11.6 Å². The number of unbranched alkanes of at least 4 members (excludes halogenated alkanes) is 7. The van der Waals surface area contributed by atoms with Crippen molar-refractivity contribution in [2.24, 2.45) is 0 Å². The molecule has 1 aromatic carbocycles. The molecule has 0 aliphatic heterocycles. The van der Waals surface area contributed by atoms with Crippen molar-refractivity contribution in [3.8, 4) is 0 Å². The van der Waals surface area contributed by atoms with E-state index in [1.807, 2.05) is 6.92 Å². The molecule has 0 aliphatic rings. The summed E-state index contributed by atoms with van der Waals surface area (Å²) in [5.74, 6) is 0. The molecule has 0 amide bonds. The lowest BCUT2D eigenvalue weighted by Gasteiger charge is -2.11. The molecule has 23 heavy (non-hydrogen) atoms. The second-order valence-electron chi connectivity index (χ2n) is 6.24. The van der Waals surface area contributed by atoms with E-state index in [1.54, 1.807) is 19.1 Å². The fraction of sp³-hybridized carbons (Fsp3) is 0.667. The van der Waals surface area contributed by atoms with Crippen LogP contribution in [-0.4, -0.2) is 15.0 Å². The van der Waals surface area contributed by atoms with Crippen LogP contribution in [0.1, 0.15) is 69.4 Å². The van der Waals surface area contributed by atoms with Gasteiger partial charge in [0.15, 0.2) is 0 Å². The van der Waals surface area contributed by atoms with Crippen LogP contribution in [0.2, 0.25) is 5.02 Å². The molecule has 0 saturated carbocycles. The molecule has 0 radical (unpaired) electrons. The average Bonchev–Trinajstić information content (AvgIpc) is 2.49. The number of rotatable bonds is 11. The van der Waals surface area contributed by atoms with Gasteiger partial charge in [-0.05, 0) is 43.5 Å². The van der Waals surface area contributed by atoms with Gasteiger partial charge in [-0.3, -0.25) is 0 Å². The predicted octanol–water partition coefficient (Wildman–Crippen LogP) is 5.38. The molecule has 0 aromatic heterocycles. The summed E-state index contributed by atoms with van der Waals surface area (Å²) in [5, 5.41) is 0.601. The molecule has 0 heterocycles. The predicted molar refractivity (Wildman–Crippen MR) is 98.7 cm³/mol. The minimum atomic E-state index is -3.44. The average molecular weight is 360 g/mol. The summed E-state index contributed by atoms with van der Waals surface area (Å²) >= 11 is 6.03. The molecule has 132 valence electrons. The molecular weight excluding hydrogens is 330 g/mol. The number of hydrogen-bond donors (Lipinski definition) is 1. The Bertz CT molecular complexity index is 585. The molecule has 1 N–H and O–H groups in total. The normalized spacial score (nSPS) is 11.8. The fourth-order valence-corrected chi connectivity index (χ4v) is 4.19. The molecule has 0 unspecified atom stereocenters. The van der Waals surface area contributed by atoms with E-state index in [4.69, 9.17) is 11.6 Å². The van der Waals surface area contributed by atoms with Crippen molar-refractivity contribution in [3.05, 3.63) is 28.3 Å². The molecule has 0 aliphatic carbocycles. The molecule has 0 bridgehead atoms. The Morgan fingerprint density at radius 3 is 2.09 bits per heavy atom. The van der Waals surface area contributed by atoms with E-state index >= 15 is 0 Å². The van der Waals surface area contributed by atoms with Gasteiger partial charge in [0.1, 0.15) is 0 Å². The molecule has 0 saturated heterocycles. The van der Waals surface area contributed by atoms with Gasteiger partial charge >= 0.3 is 0 Å². The second kappa shape index (κ2) is 10.3. The molecule has 3 nitrogen and oxygen atoms in total. The van der Waals surface area contributed by atoms with Crippen LogP contribution in [0.15, 0.2) is 17.0 Å². The monoisotopic (exact) mass is 359 g/mol. The fourth-order valence-electron chi connectivity index (χ4n) is 2.59. The van der Waals surface area contributed by atoms with Crippen LogP contribution in [0.5, 0.6) is 0 Å². The minimum absolute atomic E-state index is 0.332. The first-order valence-corrected chi connectivity index (χ1v) is 10.5. The SMILES string of the molecule is CCCCCCCCCCNS(=O)(=O)c1cc(C)c(Cl)cc1C. The van der Waals surface area contributed by atoms with E-state index in [1.165, 1.54) is 38.5 Å². The number of nitrogens with one attached hydrogen (secondary N) is 1. The molecule has 0 fully saturated rings. The van der Waals surface area contributed by atoms with Crippen molar-refractivity contribution in [1.82, 2.24) is 4.72 Å². The highest BCUT2D eigenvalue weighted by atomic mass is 35.5. The first-order chi connectivity index (χ1) is 10.9. The number of benzene rings is 1. The highest BCUT2D eigenvalue weighted by Gasteiger charge is 2.17. The number of aryl methyl sites for hydroxylation is 2. The second-order valence-corrected chi connectivity index (χ2v) is 8.38. The number of sulfonamides is 1. The van der Waals surface area contributed by atoms with Gasteiger partial charge in [0, 0.05) is 11.6 Å². The molecule has 5 heteroatoms. The van der Waals surface area contributed by atoms with Crippen molar-refractivity contribution < 1.29 is 8.42 Å². The van der Waals surface area contributed by atoms with E-state index < -0.39 is 10.0 Å². The standard InChI is InChI=1S/C18H30ClNO2S/c1-4-5-6-7-8-9-10-11-12-20-23(21,22)18-14-15(2)17(19)13-16(18)3/h13-14,20H,4-12H2,1-3H3. The first kappa shape index (κ1) is 20.5. The zero-order chi connectivity index (χ0) is 17.3. The van der Waals surface area contributed by atoms with Gasteiger partial charge in [0.05, 0.1) is 4.90 Å². The summed E-state index contributed by atoms with van der Waals surface area (Å²) in [6.45, 7) is 6.31. The van der Waals surface area contributed by atoms with Gasteiger partial charge in [-0.25, -0.2) is 13.1 Å². The third-order valence-corrected chi connectivity index (χ3v) is 6.08. The van der Waals surface area contributed by atoms with Gasteiger partial charge in [-0.2, -0.15) is 0 Å². The lowest BCUT2D eigenvalue weighted by Crippen LogP contribution is -2.25. The molecular formula is C18H30ClNO2S. The zero-order valence-corrected chi connectivity index (χ0v) is 16.2. The van der Waals surface area contributed by atoms with Gasteiger partial charge in [-0.15, -0.1) is 0 Å². The van der Waals surface area contributed by atoms with Crippen molar-refractivity contribution >= 4 is 21.6 Å². The van der Waals surface area contributed by atoms with E-state index in [0.717, 1.165) is 18.4 Å². The Morgan fingerprint density at radius 1 is 0.913 bits per heavy atom. The summed E-state index contributed by atoms with van der Waals surface area (Å²) in [5.41, 5.74) is 1.47. The van der Waals surface area contributed by atoms with Crippen LogP contribution in [0.4, 0.5) is 0 Å². The third-order valence-electron chi connectivity index (χ3n) is 4.07. The zero-order valence-electron chi connectivity index (χ0n) is 14.6. The van der Waals surface area contributed by atoms with Crippen molar-refractivity contribution in [3.63, 3.8) is 0 Å². The van der Waals surface area contributed by atoms with Crippen LogP contribution in [0.25, 0.3) is 0 Å². The van der Waals surface area contributed by atoms with E-state index in [2.05, 4.69) is 11.6 Å². The van der Waals surface area contributed by atoms with Gasteiger partial charge in [0.2, 0.25) is 10.0 Å². The summed E-state index contributed by atoms with van der Waals surface area (Å²) in [4.78, 5) is 0.332. The third kappa shape index (κ3) is 7.23. The van der Waals surface area contributed by atoms with Gasteiger partial charge in [-0.1, -0.05) is 63.5 Å². The first-order valence-electron chi connectivity index (χ1n) is 8.65.